The highest BCUT2D eigenvalue weighted by molar-refractivity contribution is 14.1. The number of nitrogens with two attached hydrogens (primary N) is 1. The van der Waals surface area contributed by atoms with Crippen molar-refractivity contribution in [3.05, 3.63) is 65.7 Å². The van der Waals surface area contributed by atoms with Crippen LogP contribution in [0.5, 0.6) is 0 Å². The van der Waals surface area contributed by atoms with E-state index in [0.717, 1.165) is 0 Å². The number of anilines is 1. The van der Waals surface area contributed by atoms with Crippen LogP contribution >= 0.6 is 22.6 Å². The molecule has 0 fully saturated rings. The first-order valence-corrected chi connectivity index (χ1v) is 14.2. The van der Waals surface area contributed by atoms with Crippen molar-refractivity contribution >= 4 is 40.2 Å². The summed E-state index contributed by atoms with van der Waals surface area (Å²) in [5.41, 5.74) is 6.82. The van der Waals surface area contributed by atoms with Gasteiger partial charge < -0.3 is 15.6 Å². The number of alkyl halides is 1. The highest BCUT2D eigenvalue weighted by atomic mass is 127. The summed E-state index contributed by atoms with van der Waals surface area (Å²) in [5, 5.41) is 8.38. The number of hydrogen-bond acceptors (Lipinski definition) is 4. The Hall–Kier alpha value is -2.09. The molecule has 0 bridgehead atoms. The zero-order valence-corrected chi connectivity index (χ0v) is 26.6. The van der Waals surface area contributed by atoms with Gasteiger partial charge in [0.15, 0.2) is 0 Å². The molecule has 0 aliphatic rings. The molecule has 0 saturated heterocycles. The molecular weight excluding hydrogens is 553 g/mol. The predicted molar refractivity (Wildman–Crippen MR) is 166 cm³/mol. The Morgan fingerprint density at radius 3 is 1.43 bits per heavy atom. The zero-order valence-electron chi connectivity index (χ0n) is 24.4. The molecule has 0 aliphatic carbocycles. The third-order valence-electron chi connectivity index (χ3n) is 2.52. The number of carbonyl (C=O) groups excluding carboxylic acids is 1. The minimum Gasteiger partial charge on any atom is -0.478 e. The van der Waals surface area contributed by atoms with E-state index in [0.29, 0.717) is 16.8 Å². The predicted octanol–water partition coefficient (Wildman–Crippen LogP) is 9.79. The molecule has 2 aromatic rings. The van der Waals surface area contributed by atoms with Crippen molar-refractivity contribution in [1.29, 1.82) is 0 Å². The van der Waals surface area contributed by atoms with Gasteiger partial charge in [-0.1, -0.05) is 129 Å². The molecule has 2 rings (SSSR count). The van der Waals surface area contributed by atoms with Crippen LogP contribution in [-0.2, 0) is 4.74 Å². The van der Waals surface area contributed by atoms with E-state index >= 15 is 0 Å². The Balaban J connectivity index is -0.0000000787. The van der Waals surface area contributed by atoms with E-state index in [9.17, 15) is 9.59 Å². The van der Waals surface area contributed by atoms with Gasteiger partial charge in [0.25, 0.3) is 0 Å². The van der Waals surface area contributed by atoms with E-state index in [4.69, 9.17) is 10.8 Å². The molecule has 0 heterocycles. The highest BCUT2D eigenvalue weighted by Gasteiger charge is 2.03. The lowest BCUT2D eigenvalue weighted by atomic mass is 10.2. The van der Waals surface area contributed by atoms with Gasteiger partial charge in [-0.2, -0.15) is 0 Å². The Morgan fingerprint density at radius 1 is 0.800 bits per heavy atom. The highest BCUT2D eigenvalue weighted by Crippen LogP contribution is 2.06. The van der Waals surface area contributed by atoms with E-state index in [1.807, 2.05) is 55.4 Å². The Kier molecular flexibility index (Phi) is 60.0. The summed E-state index contributed by atoms with van der Waals surface area (Å²) in [6, 6.07) is 15.0. The lowest BCUT2D eigenvalue weighted by Crippen LogP contribution is -2.01. The minimum absolute atomic E-state index is 0.331. The molecule has 206 valence electrons. The molecule has 0 radical (unpaired) electrons. The van der Waals surface area contributed by atoms with Crippen LogP contribution in [0.25, 0.3) is 0 Å². The molecule has 0 amide bonds. The molecule has 6 heteroatoms. The first-order valence-electron chi connectivity index (χ1n) is 12.7. The van der Waals surface area contributed by atoms with Gasteiger partial charge in [-0.05, 0) is 41.2 Å². The number of carbonyl (C=O) groups is 2. The smallest absolute Gasteiger partial charge is 0.337 e. The van der Waals surface area contributed by atoms with Crippen LogP contribution in [0.15, 0.2) is 54.6 Å². The summed E-state index contributed by atoms with van der Waals surface area (Å²) in [4.78, 5) is 21.1. The molecular formula is C29H54INO4. The summed E-state index contributed by atoms with van der Waals surface area (Å²) in [6.07, 6.45) is 2.56. The number of methoxy groups -OCH3 is 1. The van der Waals surface area contributed by atoms with Gasteiger partial charge in [-0.3, -0.25) is 0 Å². The lowest BCUT2D eigenvalue weighted by Gasteiger charge is -1.98. The molecule has 5 nitrogen and oxygen atoms in total. The fraction of sp³-hybridized carbons (Fsp3) is 0.517. The van der Waals surface area contributed by atoms with Crippen LogP contribution in [0.4, 0.5) is 5.69 Å². The number of esters is 1. The van der Waals surface area contributed by atoms with Gasteiger partial charge in [0.1, 0.15) is 0 Å². The maximum atomic E-state index is 10.9. The van der Waals surface area contributed by atoms with Gasteiger partial charge >= 0.3 is 11.9 Å². The number of halogens is 1. The van der Waals surface area contributed by atoms with Gasteiger partial charge in [0.05, 0.1) is 18.2 Å². The molecule has 3 N–H and O–H groups in total. The van der Waals surface area contributed by atoms with Crippen molar-refractivity contribution in [2.75, 3.05) is 17.3 Å². The number of rotatable bonds is 3. The number of carboxylic acids is 1. The van der Waals surface area contributed by atoms with Crippen LogP contribution in [0, 0.1) is 0 Å². The van der Waals surface area contributed by atoms with Crippen molar-refractivity contribution in [2.45, 2.75) is 89.0 Å². The summed E-state index contributed by atoms with van der Waals surface area (Å²) >= 11 is 2.35. The third kappa shape index (κ3) is 39.4. The molecule has 0 spiro atoms. The topological polar surface area (TPSA) is 89.6 Å². The summed E-state index contributed by atoms with van der Waals surface area (Å²) < 4.78 is 5.79. The van der Waals surface area contributed by atoms with E-state index in [1.54, 1.807) is 54.6 Å². The fourth-order valence-electron chi connectivity index (χ4n) is 1.36. The molecule has 2 aromatic carbocycles. The summed E-state index contributed by atoms with van der Waals surface area (Å²) in [6.45, 7) is 22.4. The maximum absolute atomic E-state index is 10.9. The molecule has 0 aliphatic heterocycles. The zero-order chi connectivity index (χ0) is 29.1. The minimum atomic E-state index is -0.879. The number of nitrogen functional groups attached to an aromatic ring is 1. The average molecular weight is 608 g/mol. The second-order valence-electron chi connectivity index (χ2n) is 5.18. The lowest BCUT2D eigenvalue weighted by molar-refractivity contribution is 0.0600. The van der Waals surface area contributed by atoms with Crippen molar-refractivity contribution in [3.8, 4) is 0 Å². The first-order chi connectivity index (χ1) is 16.9. The van der Waals surface area contributed by atoms with E-state index in [1.165, 1.54) is 24.4 Å². The number of aromatic carboxylic acids is 1. The quantitative estimate of drug-likeness (QED) is 0.157. The Labute approximate surface area is 231 Å². The second kappa shape index (κ2) is 45.4. The van der Waals surface area contributed by atoms with Crippen LogP contribution in [0.1, 0.15) is 110 Å². The molecule has 0 unspecified atom stereocenters. The van der Waals surface area contributed by atoms with Crippen molar-refractivity contribution < 1.29 is 19.4 Å². The third-order valence-corrected chi connectivity index (χ3v) is 3.60. The van der Waals surface area contributed by atoms with Crippen LogP contribution in [-0.4, -0.2) is 28.6 Å². The van der Waals surface area contributed by atoms with Crippen LogP contribution in [0.3, 0.4) is 0 Å². The molecule has 0 saturated carbocycles. The molecule has 0 atom stereocenters. The number of ether oxygens (including phenoxy) is 1. The summed E-state index contributed by atoms with van der Waals surface area (Å²) in [5.74, 6) is -1.24. The normalized spacial score (nSPS) is 7.23. The van der Waals surface area contributed by atoms with Crippen molar-refractivity contribution in [3.63, 3.8) is 0 Å². The number of benzene rings is 2. The standard InChI is InChI=1S/C8H9NO2.C7H6O2.C3H7I.C3H8.4C2H6/c1-11-8(10)6-3-2-4-7(9)5-6;8-7(9)6-4-2-1-3-5-6;1-2-3-4;1-3-2;4*1-2/h2-5H,9H2,1H3;1-5H,(H,8,9);2-3H2,1H3;3H2,1-2H3;4*1-2H3. The monoisotopic (exact) mass is 607 g/mol. The number of hydrogen-bond donors (Lipinski definition) is 2. The Bertz CT molecular complexity index is 634. The molecule has 0 aromatic heterocycles. The van der Waals surface area contributed by atoms with Crippen LogP contribution < -0.4 is 5.73 Å². The average Bonchev–Trinajstić information content (AvgIpc) is 2.94. The van der Waals surface area contributed by atoms with Crippen LogP contribution in [0.2, 0.25) is 0 Å². The van der Waals surface area contributed by atoms with Gasteiger partial charge in [0, 0.05) is 5.69 Å². The largest absolute Gasteiger partial charge is 0.478 e. The number of carboxylic acid groups (broad SMARTS) is 1. The van der Waals surface area contributed by atoms with Crippen molar-refractivity contribution in [2.24, 2.45) is 0 Å². The first kappa shape index (κ1) is 46.3. The fourth-order valence-corrected chi connectivity index (χ4v) is 1.36. The van der Waals surface area contributed by atoms with E-state index < -0.39 is 5.97 Å². The van der Waals surface area contributed by atoms with E-state index in [2.05, 4.69) is 48.1 Å². The Morgan fingerprint density at radius 2 is 1.17 bits per heavy atom. The summed E-state index contributed by atoms with van der Waals surface area (Å²) in [7, 11) is 1.34. The second-order valence-corrected chi connectivity index (χ2v) is 6.26. The maximum Gasteiger partial charge on any atom is 0.337 e. The van der Waals surface area contributed by atoms with Gasteiger partial charge in [-0.25, -0.2) is 9.59 Å². The van der Waals surface area contributed by atoms with Gasteiger partial charge in [-0.15, -0.1) is 0 Å². The van der Waals surface area contributed by atoms with E-state index in [-0.39, 0.29) is 5.97 Å². The SMILES string of the molecule is CC.CC.CC.CC.CCC.CCCI.COC(=O)c1cccc(N)c1.O=C(O)c1ccccc1. The molecule has 35 heavy (non-hydrogen) atoms. The van der Waals surface area contributed by atoms with Gasteiger partial charge in [0.2, 0.25) is 0 Å². The van der Waals surface area contributed by atoms with Crippen molar-refractivity contribution in [1.82, 2.24) is 0 Å².